The van der Waals surface area contributed by atoms with E-state index in [4.69, 9.17) is 10.00 Å². The molecule has 1 heterocycles. The molecule has 0 aliphatic carbocycles. The molecule has 0 aliphatic rings. The summed E-state index contributed by atoms with van der Waals surface area (Å²) >= 11 is 1.28. The first-order chi connectivity index (χ1) is 13.1. The van der Waals surface area contributed by atoms with Gasteiger partial charge in [-0.1, -0.05) is 30.0 Å². The lowest BCUT2D eigenvalue weighted by molar-refractivity contribution is -0.115. The summed E-state index contributed by atoms with van der Waals surface area (Å²) < 4.78 is 7.17. The van der Waals surface area contributed by atoms with Crippen LogP contribution in [-0.4, -0.2) is 33.0 Å². The van der Waals surface area contributed by atoms with Gasteiger partial charge in [0.25, 0.3) is 0 Å². The number of hydrogen-bond acceptors (Lipinski definition) is 6. The van der Waals surface area contributed by atoms with E-state index in [1.54, 1.807) is 49.2 Å². The highest BCUT2D eigenvalue weighted by Gasteiger charge is 2.19. The number of rotatable bonds is 6. The zero-order valence-electron chi connectivity index (χ0n) is 14.8. The summed E-state index contributed by atoms with van der Waals surface area (Å²) in [6.45, 7) is 1.79. The number of nitrogens with one attached hydrogen (secondary N) is 1. The molecule has 0 saturated carbocycles. The van der Waals surface area contributed by atoms with Crippen molar-refractivity contribution in [2.45, 2.75) is 17.3 Å². The van der Waals surface area contributed by atoms with Crippen molar-refractivity contribution >= 4 is 23.4 Å². The number of aromatic nitrogens is 3. The molecule has 0 saturated heterocycles. The van der Waals surface area contributed by atoms with Crippen molar-refractivity contribution in [3.8, 4) is 17.5 Å². The fraction of sp³-hybridized carbons (Fsp3) is 0.158. The quantitative estimate of drug-likeness (QED) is 0.661. The van der Waals surface area contributed by atoms with Gasteiger partial charge in [0.1, 0.15) is 12.1 Å². The van der Waals surface area contributed by atoms with E-state index in [1.165, 1.54) is 11.8 Å². The van der Waals surface area contributed by atoms with Crippen LogP contribution in [0.1, 0.15) is 12.5 Å². The molecule has 1 aromatic heterocycles. The third-order valence-corrected chi connectivity index (χ3v) is 4.83. The Labute approximate surface area is 161 Å². The van der Waals surface area contributed by atoms with Gasteiger partial charge in [0.15, 0.2) is 5.16 Å². The molecular weight excluding hydrogens is 362 g/mol. The van der Waals surface area contributed by atoms with Crippen LogP contribution in [0, 0.1) is 11.3 Å². The van der Waals surface area contributed by atoms with Crippen LogP contribution in [0.4, 0.5) is 5.69 Å². The number of amides is 1. The molecule has 0 aliphatic heterocycles. The van der Waals surface area contributed by atoms with Gasteiger partial charge in [0.2, 0.25) is 5.91 Å². The first kappa shape index (κ1) is 18.5. The Balaban J connectivity index is 1.75. The van der Waals surface area contributed by atoms with E-state index in [1.807, 2.05) is 24.3 Å². The van der Waals surface area contributed by atoms with Crippen LogP contribution in [0.3, 0.4) is 0 Å². The van der Waals surface area contributed by atoms with Gasteiger partial charge in [-0.05, 0) is 37.3 Å². The molecule has 0 radical (unpaired) electrons. The van der Waals surface area contributed by atoms with E-state index >= 15 is 0 Å². The second-order valence-corrected chi connectivity index (χ2v) is 6.91. The summed E-state index contributed by atoms with van der Waals surface area (Å²) in [5, 5.41) is 20.0. The normalized spacial score (nSPS) is 11.4. The molecule has 2 aromatic carbocycles. The number of hydrogen-bond donors (Lipinski definition) is 1. The van der Waals surface area contributed by atoms with E-state index in [0.29, 0.717) is 22.2 Å². The molecule has 1 atom stereocenters. The van der Waals surface area contributed by atoms with Gasteiger partial charge in [-0.3, -0.25) is 9.36 Å². The van der Waals surface area contributed by atoms with Crippen LogP contribution in [-0.2, 0) is 4.79 Å². The van der Waals surface area contributed by atoms with E-state index in [-0.39, 0.29) is 5.91 Å². The lowest BCUT2D eigenvalue weighted by atomic mass is 10.2. The van der Waals surface area contributed by atoms with Gasteiger partial charge in [-0.25, -0.2) is 0 Å². The molecule has 3 rings (SSSR count). The Morgan fingerprint density at radius 2 is 2.11 bits per heavy atom. The second kappa shape index (κ2) is 8.38. The molecule has 8 heteroatoms. The molecule has 7 nitrogen and oxygen atoms in total. The van der Waals surface area contributed by atoms with Gasteiger partial charge in [-0.2, -0.15) is 5.26 Å². The Hall–Kier alpha value is -3.31. The lowest BCUT2D eigenvalue weighted by Crippen LogP contribution is -2.22. The van der Waals surface area contributed by atoms with Gasteiger partial charge >= 0.3 is 0 Å². The van der Waals surface area contributed by atoms with E-state index in [2.05, 4.69) is 21.6 Å². The standard InChI is InChI=1S/C19H17N5O2S/c1-13(18(25)22-15-7-5-6-14(10-15)11-20)27-19-23-21-12-24(19)16-8-3-4-9-17(16)26-2/h3-10,12-13H,1-2H3,(H,22,25)/t13-/m1/s1. The van der Waals surface area contributed by atoms with Crippen LogP contribution in [0.5, 0.6) is 5.75 Å². The van der Waals surface area contributed by atoms with Crippen molar-refractivity contribution in [2.24, 2.45) is 0 Å². The Morgan fingerprint density at radius 1 is 1.30 bits per heavy atom. The van der Waals surface area contributed by atoms with E-state index in [9.17, 15) is 4.79 Å². The molecule has 136 valence electrons. The summed E-state index contributed by atoms with van der Waals surface area (Å²) in [4.78, 5) is 12.5. The summed E-state index contributed by atoms with van der Waals surface area (Å²) in [7, 11) is 1.60. The molecule has 0 spiro atoms. The van der Waals surface area contributed by atoms with Crippen LogP contribution < -0.4 is 10.1 Å². The molecule has 0 bridgehead atoms. The largest absolute Gasteiger partial charge is 0.495 e. The van der Waals surface area contributed by atoms with Crippen LogP contribution in [0.25, 0.3) is 5.69 Å². The summed E-state index contributed by atoms with van der Waals surface area (Å²) in [6.07, 6.45) is 1.58. The third kappa shape index (κ3) is 4.27. The number of benzene rings is 2. The number of carbonyl (C=O) groups is 1. The summed E-state index contributed by atoms with van der Waals surface area (Å²) in [6, 6.07) is 16.4. The minimum Gasteiger partial charge on any atom is -0.495 e. The van der Waals surface area contributed by atoms with Gasteiger partial charge < -0.3 is 10.1 Å². The molecule has 1 amide bonds. The van der Waals surface area contributed by atoms with Crippen molar-refractivity contribution < 1.29 is 9.53 Å². The monoisotopic (exact) mass is 379 g/mol. The van der Waals surface area contributed by atoms with Gasteiger partial charge in [0, 0.05) is 5.69 Å². The number of ether oxygens (including phenoxy) is 1. The van der Waals surface area contributed by atoms with Crippen LogP contribution >= 0.6 is 11.8 Å². The molecule has 0 unspecified atom stereocenters. The third-order valence-electron chi connectivity index (χ3n) is 3.77. The van der Waals surface area contributed by atoms with Gasteiger partial charge in [-0.15, -0.1) is 10.2 Å². The number of para-hydroxylation sites is 2. The fourth-order valence-corrected chi connectivity index (χ4v) is 3.26. The van der Waals surface area contributed by atoms with E-state index < -0.39 is 5.25 Å². The SMILES string of the molecule is COc1ccccc1-n1cnnc1S[C@H](C)C(=O)Nc1cccc(C#N)c1. The van der Waals surface area contributed by atoms with E-state index in [0.717, 1.165) is 5.69 Å². The number of thioether (sulfide) groups is 1. The molecule has 27 heavy (non-hydrogen) atoms. The average Bonchev–Trinajstić information content (AvgIpc) is 3.15. The smallest absolute Gasteiger partial charge is 0.237 e. The maximum Gasteiger partial charge on any atom is 0.237 e. The predicted octanol–water partition coefficient (Wildman–Crippen LogP) is 3.27. The minimum atomic E-state index is -0.423. The number of nitriles is 1. The minimum absolute atomic E-state index is 0.190. The molecule has 1 N–H and O–H groups in total. The summed E-state index contributed by atoms with van der Waals surface area (Å²) in [5.74, 6) is 0.495. The van der Waals surface area contributed by atoms with Crippen molar-refractivity contribution in [2.75, 3.05) is 12.4 Å². The average molecular weight is 379 g/mol. The Kier molecular flexibility index (Phi) is 5.74. The van der Waals surface area contributed by atoms with Crippen LogP contribution in [0.2, 0.25) is 0 Å². The maximum atomic E-state index is 12.5. The van der Waals surface area contributed by atoms with Crippen molar-refractivity contribution in [3.63, 3.8) is 0 Å². The zero-order chi connectivity index (χ0) is 19.2. The second-order valence-electron chi connectivity index (χ2n) is 5.60. The van der Waals surface area contributed by atoms with Crippen molar-refractivity contribution in [1.82, 2.24) is 14.8 Å². The molecule has 3 aromatic rings. The Bertz CT molecular complexity index is 996. The number of carbonyl (C=O) groups excluding carboxylic acids is 1. The number of methoxy groups -OCH3 is 1. The highest BCUT2D eigenvalue weighted by molar-refractivity contribution is 8.00. The number of nitrogens with zero attached hydrogens (tertiary/aromatic N) is 4. The summed E-state index contributed by atoms with van der Waals surface area (Å²) in [5.41, 5.74) is 1.86. The van der Waals surface area contributed by atoms with Gasteiger partial charge in [0.05, 0.1) is 29.7 Å². The maximum absolute atomic E-state index is 12.5. The zero-order valence-corrected chi connectivity index (χ0v) is 15.6. The highest BCUT2D eigenvalue weighted by atomic mass is 32.2. The first-order valence-electron chi connectivity index (χ1n) is 8.13. The predicted molar refractivity (Wildman–Crippen MR) is 103 cm³/mol. The van der Waals surface area contributed by atoms with Crippen molar-refractivity contribution in [3.05, 3.63) is 60.4 Å². The Morgan fingerprint density at radius 3 is 2.89 bits per heavy atom. The van der Waals surface area contributed by atoms with Crippen molar-refractivity contribution in [1.29, 1.82) is 5.26 Å². The fourth-order valence-electron chi connectivity index (χ4n) is 2.42. The topological polar surface area (TPSA) is 92.8 Å². The highest BCUT2D eigenvalue weighted by Crippen LogP contribution is 2.29. The lowest BCUT2D eigenvalue weighted by Gasteiger charge is -2.14. The molecule has 0 fully saturated rings. The molecular formula is C19H17N5O2S. The number of anilines is 1. The van der Waals surface area contributed by atoms with Crippen LogP contribution in [0.15, 0.2) is 60.0 Å². The first-order valence-corrected chi connectivity index (χ1v) is 9.01.